The van der Waals surface area contributed by atoms with E-state index in [0.29, 0.717) is 5.56 Å². The van der Waals surface area contributed by atoms with Crippen molar-refractivity contribution >= 4 is 32.6 Å². The Balaban J connectivity index is 1.87. The fraction of sp³-hybridized carbons (Fsp3) is 0.111. The Labute approximate surface area is 137 Å². The molecular weight excluding hydrogens is 340 g/mol. The third kappa shape index (κ3) is 3.02. The van der Waals surface area contributed by atoms with Crippen LogP contribution < -0.4 is 5.32 Å². The van der Waals surface area contributed by atoms with Gasteiger partial charge in [-0.15, -0.1) is 0 Å². The van der Waals surface area contributed by atoms with Crippen molar-refractivity contribution in [1.29, 1.82) is 0 Å². The zero-order valence-corrected chi connectivity index (χ0v) is 13.7. The molecule has 110 valence electrons. The van der Waals surface area contributed by atoms with Gasteiger partial charge in [0.2, 0.25) is 0 Å². The van der Waals surface area contributed by atoms with Gasteiger partial charge in [0.05, 0.1) is 11.6 Å². The van der Waals surface area contributed by atoms with Crippen molar-refractivity contribution in [3.8, 4) is 0 Å². The molecule has 0 bridgehead atoms. The van der Waals surface area contributed by atoms with Gasteiger partial charge in [-0.3, -0.25) is 9.78 Å². The summed E-state index contributed by atoms with van der Waals surface area (Å²) in [5, 5.41) is 5.36. The molecule has 0 spiro atoms. The van der Waals surface area contributed by atoms with Gasteiger partial charge in [-0.2, -0.15) is 0 Å². The van der Waals surface area contributed by atoms with Gasteiger partial charge in [-0.1, -0.05) is 42.5 Å². The number of carbonyl (C=O) groups is 1. The minimum Gasteiger partial charge on any atom is -0.345 e. The maximum atomic E-state index is 12.3. The Morgan fingerprint density at radius 3 is 2.73 bits per heavy atom. The molecule has 3 nitrogen and oxygen atoms in total. The van der Waals surface area contributed by atoms with Gasteiger partial charge in [0.15, 0.2) is 0 Å². The zero-order valence-electron chi connectivity index (χ0n) is 12.1. The van der Waals surface area contributed by atoms with E-state index < -0.39 is 0 Å². The van der Waals surface area contributed by atoms with Gasteiger partial charge in [0.25, 0.3) is 5.91 Å². The van der Waals surface area contributed by atoms with E-state index in [1.165, 1.54) is 5.39 Å². The van der Waals surface area contributed by atoms with Crippen molar-refractivity contribution < 1.29 is 4.79 Å². The van der Waals surface area contributed by atoms with Crippen LogP contribution in [-0.2, 0) is 0 Å². The number of carbonyl (C=O) groups excluding carboxylic acids is 1. The van der Waals surface area contributed by atoms with Crippen LogP contribution in [0.3, 0.4) is 0 Å². The number of benzene rings is 2. The van der Waals surface area contributed by atoms with E-state index >= 15 is 0 Å². The average Bonchev–Trinajstić information content (AvgIpc) is 2.54. The second-order valence-corrected chi connectivity index (χ2v) is 6.07. The number of fused-ring (bicyclic) bond motifs is 1. The molecule has 3 aromatic rings. The number of aromatic nitrogens is 1. The van der Waals surface area contributed by atoms with E-state index in [1.807, 2.05) is 31.2 Å². The highest BCUT2D eigenvalue weighted by Crippen LogP contribution is 2.24. The third-order valence-corrected chi connectivity index (χ3v) is 4.04. The lowest BCUT2D eigenvalue weighted by Crippen LogP contribution is -2.26. The van der Waals surface area contributed by atoms with Gasteiger partial charge in [0.1, 0.15) is 0 Å². The first-order valence-electron chi connectivity index (χ1n) is 7.04. The van der Waals surface area contributed by atoms with Crippen LogP contribution in [0.2, 0.25) is 0 Å². The maximum Gasteiger partial charge on any atom is 0.253 e. The Morgan fingerprint density at radius 1 is 1.14 bits per heavy atom. The normalized spacial score (nSPS) is 12.1. The lowest BCUT2D eigenvalue weighted by Gasteiger charge is -2.16. The highest BCUT2D eigenvalue weighted by molar-refractivity contribution is 9.10. The summed E-state index contributed by atoms with van der Waals surface area (Å²) in [7, 11) is 0. The molecular formula is C18H15BrN2O. The summed E-state index contributed by atoms with van der Waals surface area (Å²) in [6.07, 6.45) is 3.22. The molecule has 1 aromatic heterocycles. The first kappa shape index (κ1) is 14.7. The summed E-state index contributed by atoms with van der Waals surface area (Å²) < 4.78 is 0.790. The second kappa shape index (κ2) is 6.28. The van der Waals surface area contributed by atoms with E-state index in [0.717, 1.165) is 15.4 Å². The molecule has 0 aliphatic carbocycles. The Bertz CT molecular complexity index is 827. The topological polar surface area (TPSA) is 42.0 Å². The highest BCUT2D eigenvalue weighted by atomic mass is 79.9. The first-order valence-corrected chi connectivity index (χ1v) is 7.83. The molecule has 0 fully saturated rings. The van der Waals surface area contributed by atoms with Crippen molar-refractivity contribution in [3.05, 3.63) is 76.5 Å². The van der Waals surface area contributed by atoms with Crippen molar-refractivity contribution in [2.45, 2.75) is 13.0 Å². The van der Waals surface area contributed by atoms with Crippen LogP contribution in [0.4, 0.5) is 0 Å². The molecule has 0 radical (unpaired) electrons. The lowest BCUT2D eigenvalue weighted by molar-refractivity contribution is 0.0939. The number of nitrogens with one attached hydrogen (secondary N) is 1. The van der Waals surface area contributed by atoms with E-state index in [4.69, 9.17) is 0 Å². The fourth-order valence-electron chi connectivity index (χ4n) is 2.52. The van der Waals surface area contributed by atoms with Gasteiger partial charge >= 0.3 is 0 Å². The monoisotopic (exact) mass is 354 g/mol. The van der Waals surface area contributed by atoms with Crippen LogP contribution >= 0.6 is 15.9 Å². The summed E-state index contributed by atoms with van der Waals surface area (Å²) in [5.74, 6) is -0.130. The standard InChI is InChI=1S/C18H15BrN2O/c1-12(21-18(22)14-9-15(19)11-20-10-14)16-8-4-6-13-5-2-3-7-17(13)16/h2-12H,1H3,(H,21,22). The van der Waals surface area contributed by atoms with Gasteiger partial charge in [-0.25, -0.2) is 0 Å². The number of hydrogen-bond acceptors (Lipinski definition) is 2. The molecule has 0 aliphatic heterocycles. The molecule has 3 rings (SSSR count). The predicted molar refractivity (Wildman–Crippen MR) is 91.8 cm³/mol. The molecule has 0 aliphatic rings. The Morgan fingerprint density at radius 2 is 1.91 bits per heavy atom. The summed E-state index contributed by atoms with van der Waals surface area (Å²) in [4.78, 5) is 16.4. The van der Waals surface area contributed by atoms with Crippen LogP contribution in [0.5, 0.6) is 0 Å². The summed E-state index contributed by atoms with van der Waals surface area (Å²) >= 11 is 3.33. The van der Waals surface area contributed by atoms with Crippen molar-refractivity contribution in [1.82, 2.24) is 10.3 Å². The quantitative estimate of drug-likeness (QED) is 0.752. The average molecular weight is 355 g/mol. The molecule has 4 heteroatoms. The third-order valence-electron chi connectivity index (χ3n) is 3.60. The fourth-order valence-corrected chi connectivity index (χ4v) is 2.89. The van der Waals surface area contributed by atoms with E-state index in [1.54, 1.807) is 18.5 Å². The predicted octanol–water partition coefficient (Wildman–Crippen LogP) is 4.49. The van der Waals surface area contributed by atoms with E-state index in [9.17, 15) is 4.79 Å². The molecule has 0 saturated heterocycles. The lowest BCUT2D eigenvalue weighted by atomic mass is 9.99. The van der Waals surface area contributed by atoms with Gasteiger partial charge in [-0.05, 0) is 45.3 Å². The number of nitrogens with zero attached hydrogens (tertiary/aromatic N) is 1. The van der Waals surface area contributed by atoms with Crippen LogP contribution in [0, 0.1) is 0 Å². The first-order chi connectivity index (χ1) is 10.6. The molecule has 22 heavy (non-hydrogen) atoms. The molecule has 2 aromatic carbocycles. The number of rotatable bonds is 3. The molecule has 0 saturated carbocycles. The largest absolute Gasteiger partial charge is 0.345 e. The summed E-state index contributed by atoms with van der Waals surface area (Å²) in [6.45, 7) is 1.99. The van der Waals surface area contributed by atoms with Crippen LogP contribution in [0.25, 0.3) is 10.8 Å². The Kier molecular flexibility index (Phi) is 4.20. The highest BCUT2D eigenvalue weighted by Gasteiger charge is 2.14. The molecule has 1 heterocycles. The number of amides is 1. The SMILES string of the molecule is CC(NC(=O)c1cncc(Br)c1)c1cccc2ccccc12. The summed E-state index contributed by atoms with van der Waals surface area (Å²) in [6, 6.07) is 16.0. The number of pyridine rings is 1. The van der Waals surface area contributed by atoms with Crippen molar-refractivity contribution in [2.75, 3.05) is 0 Å². The smallest absolute Gasteiger partial charge is 0.253 e. The van der Waals surface area contributed by atoms with E-state index in [2.05, 4.69) is 44.4 Å². The van der Waals surface area contributed by atoms with E-state index in [-0.39, 0.29) is 11.9 Å². The number of halogens is 1. The van der Waals surface area contributed by atoms with Gasteiger partial charge in [0, 0.05) is 16.9 Å². The molecule has 1 atom stereocenters. The maximum absolute atomic E-state index is 12.3. The number of hydrogen-bond donors (Lipinski definition) is 1. The molecule has 1 amide bonds. The molecule has 1 unspecified atom stereocenters. The van der Waals surface area contributed by atoms with Crippen LogP contribution in [0.1, 0.15) is 28.9 Å². The minimum atomic E-state index is -0.130. The Hall–Kier alpha value is -2.20. The van der Waals surface area contributed by atoms with Crippen LogP contribution in [-0.4, -0.2) is 10.9 Å². The summed E-state index contributed by atoms with van der Waals surface area (Å²) in [5.41, 5.74) is 1.65. The minimum absolute atomic E-state index is 0.0856. The molecule has 1 N–H and O–H groups in total. The second-order valence-electron chi connectivity index (χ2n) is 5.16. The van der Waals surface area contributed by atoms with Crippen molar-refractivity contribution in [3.63, 3.8) is 0 Å². The van der Waals surface area contributed by atoms with Gasteiger partial charge < -0.3 is 5.32 Å². The van der Waals surface area contributed by atoms with Crippen LogP contribution in [0.15, 0.2) is 65.4 Å². The zero-order chi connectivity index (χ0) is 15.5. The van der Waals surface area contributed by atoms with Crippen molar-refractivity contribution in [2.24, 2.45) is 0 Å².